The molecule has 1 saturated heterocycles. The summed E-state index contributed by atoms with van der Waals surface area (Å²) in [5.74, 6) is 3.17. The zero-order valence-corrected chi connectivity index (χ0v) is 15.4. The quantitative estimate of drug-likeness (QED) is 0.564. The van der Waals surface area contributed by atoms with Crippen molar-refractivity contribution in [2.75, 3.05) is 39.0 Å². The van der Waals surface area contributed by atoms with Crippen LogP contribution in [0.4, 0.5) is 0 Å². The second-order valence-electron chi connectivity index (χ2n) is 5.72. The van der Waals surface area contributed by atoms with Gasteiger partial charge in [-0.25, -0.2) is 0 Å². The summed E-state index contributed by atoms with van der Waals surface area (Å²) in [6.45, 7) is 8.13. The van der Waals surface area contributed by atoms with Gasteiger partial charge in [-0.3, -0.25) is 9.89 Å². The summed E-state index contributed by atoms with van der Waals surface area (Å²) in [7, 11) is 1.83. The number of likely N-dealkylation sites (N-methyl/N-ethyl adjacent to an activating group) is 1. The molecule has 1 fully saturated rings. The van der Waals surface area contributed by atoms with E-state index in [1.807, 2.05) is 13.1 Å². The molecule has 0 aliphatic carbocycles. The number of hydrogen-bond donors (Lipinski definition) is 2. The normalized spacial score (nSPS) is 20.0. The van der Waals surface area contributed by atoms with Gasteiger partial charge in [0.2, 0.25) is 0 Å². The molecule has 2 N–H and O–H groups in total. The van der Waals surface area contributed by atoms with Gasteiger partial charge in [0.05, 0.1) is 12.3 Å². The van der Waals surface area contributed by atoms with Crippen molar-refractivity contribution in [3.8, 4) is 0 Å². The van der Waals surface area contributed by atoms with Crippen LogP contribution in [0.1, 0.15) is 38.5 Å². The second kappa shape index (κ2) is 9.88. The fraction of sp³-hybridized carbons (Fsp3) is 0.706. The summed E-state index contributed by atoms with van der Waals surface area (Å²) in [5, 5.41) is 7.63. The van der Waals surface area contributed by atoms with Gasteiger partial charge in [-0.1, -0.05) is 13.8 Å². The van der Waals surface area contributed by atoms with Crippen LogP contribution in [0.25, 0.3) is 0 Å². The predicted octanol–water partition coefficient (Wildman–Crippen LogP) is 2.72. The predicted molar refractivity (Wildman–Crippen MR) is 99.2 cm³/mol. The molecule has 0 amide bonds. The fourth-order valence-electron chi connectivity index (χ4n) is 2.98. The van der Waals surface area contributed by atoms with Gasteiger partial charge >= 0.3 is 0 Å². The van der Waals surface area contributed by atoms with Crippen LogP contribution in [-0.2, 0) is 0 Å². The van der Waals surface area contributed by atoms with Crippen molar-refractivity contribution in [2.24, 2.45) is 4.99 Å². The summed E-state index contributed by atoms with van der Waals surface area (Å²) in [5.41, 5.74) is 0. The lowest BCUT2D eigenvalue weighted by molar-refractivity contribution is 0.193. The number of nitrogens with zero attached hydrogens (tertiary/aromatic N) is 2. The number of hydrogen-bond acceptors (Lipinski definition) is 4. The maximum absolute atomic E-state index is 5.64. The van der Waals surface area contributed by atoms with Crippen LogP contribution in [0.5, 0.6) is 0 Å². The van der Waals surface area contributed by atoms with Crippen molar-refractivity contribution in [1.82, 2.24) is 15.5 Å². The molecule has 2 atom stereocenters. The molecule has 6 heteroatoms. The van der Waals surface area contributed by atoms with Gasteiger partial charge in [0, 0.05) is 25.4 Å². The number of nitrogens with one attached hydrogen (secondary N) is 2. The van der Waals surface area contributed by atoms with E-state index in [-0.39, 0.29) is 6.04 Å². The third-order valence-electron chi connectivity index (χ3n) is 4.33. The van der Waals surface area contributed by atoms with E-state index in [0.29, 0.717) is 0 Å². The minimum atomic E-state index is 0.222. The number of aliphatic imine (C=N–C) groups is 1. The molecule has 2 heterocycles. The standard InChI is InChI=1S/C17H30N4OS/c1-4-21(5-2)15(16-9-6-10-22-16)13-20-17(18-3)19-12-14-8-7-11-23-14/h6,9-10,14-15H,4-5,7-8,11-13H2,1-3H3,(H2,18,19,20). The Hall–Kier alpha value is -1.14. The monoisotopic (exact) mass is 338 g/mol. The van der Waals surface area contributed by atoms with Crippen LogP contribution >= 0.6 is 11.8 Å². The van der Waals surface area contributed by atoms with Crippen molar-refractivity contribution < 1.29 is 4.42 Å². The van der Waals surface area contributed by atoms with Gasteiger partial charge in [0.1, 0.15) is 5.76 Å². The van der Waals surface area contributed by atoms with Crippen LogP contribution in [0.3, 0.4) is 0 Å². The molecular formula is C17H30N4OS. The first kappa shape index (κ1) is 18.2. The van der Waals surface area contributed by atoms with E-state index >= 15 is 0 Å². The van der Waals surface area contributed by atoms with Gasteiger partial charge < -0.3 is 15.1 Å². The van der Waals surface area contributed by atoms with Crippen molar-refractivity contribution in [3.05, 3.63) is 24.2 Å². The van der Waals surface area contributed by atoms with E-state index in [2.05, 4.69) is 52.2 Å². The molecule has 0 spiro atoms. The number of thioether (sulfide) groups is 1. The highest BCUT2D eigenvalue weighted by Crippen LogP contribution is 2.25. The van der Waals surface area contributed by atoms with E-state index in [0.717, 1.165) is 43.1 Å². The van der Waals surface area contributed by atoms with Gasteiger partial charge in [-0.15, -0.1) is 0 Å². The number of guanidine groups is 1. The Morgan fingerprint density at radius 1 is 1.43 bits per heavy atom. The topological polar surface area (TPSA) is 52.8 Å². The SMILES string of the molecule is CCN(CC)C(CNC(=NC)NCC1CCCS1)c1ccco1. The summed E-state index contributed by atoms with van der Waals surface area (Å²) >= 11 is 2.06. The molecule has 1 aromatic rings. The Bertz CT molecular complexity index is 453. The molecule has 130 valence electrons. The Labute approximate surface area is 144 Å². The first-order valence-corrected chi connectivity index (χ1v) is 9.66. The zero-order valence-electron chi connectivity index (χ0n) is 14.5. The van der Waals surface area contributed by atoms with Crippen LogP contribution in [0.2, 0.25) is 0 Å². The average Bonchev–Trinajstić information content (AvgIpc) is 3.27. The molecule has 1 aromatic heterocycles. The molecule has 0 radical (unpaired) electrons. The summed E-state index contributed by atoms with van der Waals surface area (Å²) in [6.07, 6.45) is 4.39. The van der Waals surface area contributed by atoms with Gasteiger partial charge in [-0.2, -0.15) is 11.8 Å². The molecule has 0 saturated carbocycles. The lowest BCUT2D eigenvalue weighted by Crippen LogP contribution is -2.44. The molecule has 1 aliphatic rings. The van der Waals surface area contributed by atoms with Gasteiger partial charge in [0.15, 0.2) is 5.96 Å². The van der Waals surface area contributed by atoms with E-state index in [1.165, 1.54) is 18.6 Å². The summed E-state index contributed by atoms with van der Waals surface area (Å²) < 4.78 is 5.64. The van der Waals surface area contributed by atoms with Crippen molar-refractivity contribution in [3.63, 3.8) is 0 Å². The molecule has 5 nitrogen and oxygen atoms in total. The Kier molecular flexibility index (Phi) is 7.82. The summed E-state index contributed by atoms with van der Waals surface area (Å²) in [6, 6.07) is 4.23. The highest BCUT2D eigenvalue weighted by atomic mass is 32.2. The third-order valence-corrected chi connectivity index (χ3v) is 5.73. The zero-order chi connectivity index (χ0) is 16.5. The maximum Gasteiger partial charge on any atom is 0.191 e. The second-order valence-corrected chi connectivity index (χ2v) is 7.13. The van der Waals surface area contributed by atoms with Crippen LogP contribution in [-0.4, -0.2) is 55.1 Å². The van der Waals surface area contributed by atoms with Crippen molar-refractivity contribution in [1.29, 1.82) is 0 Å². The lowest BCUT2D eigenvalue weighted by atomic mass is 10.2. The summed E-state index contributed by atoms with van der Waals surface area (Å²) in [4.78, 5) is 6.74. The average molecular weight is 339 g/mol. The Balaban J connectivity index is 1.88. The Morgan fingerprint density at radius 2 is 2.26 bits per heavy atom. The molecule has 0 aromatic carbocycles. The van der Waals surface area contributed by atoms with Gasteiger partial charge in [0.25, 0.3) is 0 Å². The molecule has 1 aliphatic heterocycles. The largest absolute Gasteiger partial charge is 0.468 e. The van der Waals surface area contributed by atoms with Crippen LogP contribution in [0.15, 0.2) is 27.8 Å². The highest BCUT2D eigenvalue weighted by Gasteiger charge is 2.21. The number of furan rings is 1. The van der Waals surface area contributed by atoms with E-state index < -0.39 is 0 Å². The molecule has 2 unspecified atom stereocenters. The minimum Gasteiger partial charge on any atom is -0.468 e. The third kappa shape index (κ3) is 5.46. The highest BCUT2D eigenvalue weighted by molar-refractivity contribution is 8.00. The first-order chi connectivity index (χ1) is 11.3. The van der Waals surface area contributed by atoms with Crippen LogP contribution in [0, 0.1) is 0 Å². The maximum atomic E-state index is 5.64. The van der Waals surface area contributed by atoms with Crippen LogP contribution < -0.4 is 10.6 Å². The molecule has 2 rings (SSSR count). The van der Waals surface area contributed by atoms with Crippen molar-refractivity contribution in [2.45, 2.75) is 38.0 Å². The van der Waals surface area contributed by atoms with E-state index in [4.69, 9.17) is 4.42 Å². The molecule has 0 bridgehead atoms. The fourth-order valence-corrected chi connectivity index (χ4v) is 4.19. The van der Waals surface area contributed by atoms with E-state index in [9.17, 15) is 0 Å². The van der Waals surface area contributed by atoms with Gasteiger partial charge in [-0.05, 0) is 43.8 Å². The smallest absolute Gasteiger partial charge is 0.191 e. The number of rotatable bonds is 8. The van der Waals surface area contributed by atoms with E-state index in [1.54, 1.807) is 6.26 Å². The molecule has 23 heavy (non-hydrogen) atoms. The Morgan fingerprint density at radius 3 is 2.83 bits per heavy atom. The minimum absolute atomic E-state index is 0.222. The molecular weight excluding hydrogens is 308 g/mol. The lowest BCUT2D eigenvalue weighted by Gasteiger charge is -2.29. The first-order valence-electron chi connectivity index (χ1n) is 8.62. The van der Waals surface area contributed by atoms with Crippen molar-refractivity contribution >= 4 is 17.7 Å².